The lowest BCUT2D eigenvalue weighted by Gasteiger charge is -2.19. The number of rotatable bonds is 7. The topological polar surface area (TPSA) is 45.7 Å². The zero-order valence-electron chi connectivity index (χ0n) is 15.9. The Morgan fingerprint density at radius 2 is 1.44 bits per heavy atom. The fourth-order valence-corrected chi connectivity index (χ4v) is 3.25. The molecular weight excluding hydrogens is 332 g/mol. The Morgan fingerprint density at radius 1 is 0.852 bits per heavy atom. The number of hydrogen-bond acceptors (Lipinski definition) is 1. The molecule has 0 aromatic heterocycles. The number of nitrogens with two attached hydrogens (primary N) is 1. The first-order valence-corrected chi connectivity index (χ1v) is 9.47. The molecule has 0 unspecified atom stereocenters. The maximum atomic E-state index is 12.3. The molecule has 0 saturated heterocycles. The summed E-state index contributed by atoms with van der Waals surface area (Å²) in [6, 6.07) is 28.5. The van der Waals surface area contributed by atoms with E-state index in [4.69, 9.17) is 0 Å². The monoisotopic (exact) mass is 359 g/mol. The SMILES string of the molecule is CC(C)[C@H]([NH2+]Cc1ccc(C(=O)Nc2ccccc2)cc1)c1ccccc1. The van der Waals surface area contributed by atoms with Gasteiger partial charge in [0.2, 0.25) is 0 Å². The second kappa shape index (κ2) is 9.15. The minimum absolute atomic E-state index is 0.0823. The van der Waals surface area contributed by atoms with Crippen LogP contribution in [0.2, 0.25) is 0 Å². The van der Waals surface area contributed by atoms with Crippen molar-refractivity contribution in [1.29, 1.82) is 0 Å². The lowest BCUT2D eigenvalue weighted by Crippen LogP contribution is -2.84. The first kappa shape index (κ1) is 18.9. The third-order valence-corrected chi connectivity index (χ3v) is 4.76. The van der Waals surface area contributed by atoms with Gasteiger partial charge in [0.15, 0.2) is 0 Å². The van der Waals surface area contributed by atoms with Crippen LogP contribution in [0.4, 0.5) is 5.69 Å². The number of para-hydroxylation sites is 1. The van der Waals surface area contributed by atoms with Crippen LogP contribution < -0.4 is 10.6 Å². The number of quaternary nitrogens is 1. The Balaban J connectivity index is 1.61. The molecule has 0 fully saturated rings. The predicted molar refractivity (Wildman–Crippen MR) is 110 cm³/mol. The molecule has 0 heterocycles. The molecule has 0 aliphatic heterocycles. The molecule has 3 aromatic carbocycles. The second-order valence-corrected chi connectivity index (χ2v) is 7.14. The molecule has 3 N–H and O–H groups in total. The molecule has 3 rings (SSSR count). The van der Waals surface area contributed by atoms with Crippen molar-refractivity contribution in [3.05, 3.63) is 102 Å². The molecule has 0 radical (unpaired) electrons. The van der Waals surface area contributed by atoms with E-state index in [1.165, 1.54) is 11.1 Å². The number of nitrogens with one attached hydrogen (secondary N) is 1. The molecule has 3 nitrogen and oxygen atoms in total. The van der Waals surface area contributed by atoms with Crippen molar-refractivity contribution in [3.8, 4) is 0 Å². The second-order valence-electron chi connectivity index (χ2n) is 7.14. The van der Waals surface area contributed by atoms with E-state index in [9.17, 15) is 4.79 Å². The predicted octanol–water partition coefficient (Wildman–Crippen LogP) is 4.40. The normalized spacial score (nSPS) is 12.0. The highest BCUT2D eigenvalue weighted by molar-refractivity contribution is 6.04. The maximum absolute atomic E-state index is 12.3. The summed E-state index contributed by atoms with van der Waals surface area (Å²) in [4.78, 5) is 12.3. The Hall–Kier alpha value is -2.91. The zero-order valence-corrected chi connectivity index (χ0v) is 15.9. The van der Waals surface area contributed by atoms with Crippen LogP contribution in [0.3, 0.4) is 0 Å². The van der Waals surface area contributed by atoms with Gasteiger partial charge in [-0.05, 0) is 24.3 Å². The lowest BCUT2D eigenvalue weighted by atomic mass is 9.96. The summed E-state index contributed by atoms with van der Waals surface area (Å²) in [7, 11) is 0. The van der Waals surface area contributed by atoms with Crippen LogP contribution in [0.5, 0.6) is 0 Å². The summed E-state index contributed by atoms with van der Waals surface area (Å²) in [5.41, 5.74) is 4.05. The van der Waals surface area contributed by atoms with Crippen molar-refractivity contribution in [2.75, 3.05) is 5.32 Å². The summed E-state index contributed by atoms with van der Waals surface area (Å²) in [6.45, 7) is 5.40. The van der Waals surface area contributed by atoms with Gasteiger partial charge in [0.25, 0.3) is 5.91 Å². The first-order valence-electron chi connectivity index (χ1n) is 9.47. The fourth-order valence-electron chi connectivity index (χ4n) is 3.25. The van der Waals surface area contributed by atoms with Crippen molar-refractivity contribution in [1.82, 2.24) is 0 Å². The van der Waals surface area contributed by atoms with Crippen LogP contribution in [-0.4, -0.2) is 5.91 Å². The van der Waals surface area contributed by atoms with Crippen LogP contribution in [0, 0.1) is 5.92 Å². The van der Waals surface area contributed by atoms with Crippen molar-refractivity contribution >= 4 is 11.6 Å². The molecule has 27 heavy (non-hydrogen) atoms. The molecule has 1 amide bonds. The molecule has 0 saturated carbocycles. The Labute approximate surface area is 161 Å². The van der Waals surface area contributed by atoms with Gasteiger partial charge in [-0.25, -0.2) is 0 Å². The zero-order chi connectivity index (χ0) is 19.1. The fraction of sp³-hybridized carbons (Fsp3) is 0.208. The smallest absolute Gasteiger partial charge is 0.255 e. The van der Waals surface area contributed by atoms with E-state index in [-0.39, 0.29) is 5.91 Å². The lowest BCUT2D eigenvalue weighted by molar-refractivity contribution is -0.717. The molecule has 0 aliphatic rings. The van der Waals surface area contributed by atoms with Gasteiger partial charge in [-0.2, -0.15) is 0 Å². The van der Waals surface area contributed by atoms with Crippen molar-refractivity contribution in [2.45, 2.75) is 26.4 Å². The first-order chi connectivity index (χ1) is 13.1. The summed E-state index contributed by atoms with van der Waals surface area (Å²) in [5.74, 6) is 0.462. The van der Waals surface area contributed by atoms with Crippen LogP contribution in [-0.2, 0) is 6.54 Å². The molecule has 0 aliphatic carbocycles. The van der Waals surface area contributed by atoms with E-state index < -0.39 is 0 Å². The summed E-state index contributed by atoms with van der Waals surface area (Å²) >= 11 is 0. The quantitative estimate of drug-likeness (QED) is 0.645. The number of benzene rings is 3. The Bertz CT molecular complexity index is 843. The van der Waals surface area contributed by atoms with Gasteiger partial charge in [0, 0.05) is 28.3 Å². The Morgan fingerprint density at radius 3 is 2.04 bits per heavy atom. The highest BCUT2D eigenvalue weighted by atomic mass is 16.1. The van der Waals surface area contributed by atoms with Crippen LogP contribution in [0.1, 0.15) is 41.4 Å². The molecule has 3 aromatic rings. The number of hydrogen-bond donors (Lipinski definition) is 2. The standard InChI is InChI=1S/C24H26N2O/c1-18(2)23(20-9-5-3-6-10-20)25-17-19-13-15-21(16-14-19)24(27)26-22-11-7-4-8-12-22/h3-16,18,23,25H,17H2,1-2H3,(H,26,27)/p+1/t23-/m0/s1. The van der Waals surface area contributed by atoms with Gasteiger partial charge < -0.3 is 10.6 Å². The number of amides is 1. The highest BCUT2D eigenvalue weighted by Gasteiger charge is 2.18. The average molecular weight is 359 g/mol. The van der Waals surface area contributed by atoms with Crippen LogP contribution >= 0.6 is 0 Å². The van der Waals surface area contributed by atoms with E-state index in [1.54, 1.807) is 0 Å². The van der Waals surface area contributed by atoms with Crippen LogP contribution in [0.15, 0.2) is 84.9 Å². The van der Waals surface area contributed by atoms with Gasteiger partial charge in [0.1, 0.15) is 12.6 Å². The minimum Gasteiger partial charge on any atom is -0.336 e. The van der Waals surface area contributed by atoms with E-state index in [0.29, 0.717) is 17.5 Å². The Kier molecular flexibility index (Phi) is 6.39. The third kappa shape index (κ3) is 5.28. The molecule has 138 valence electrons. The van der Waals surface area contributed by atoms with Crippen LogP contribution in [0.25, 0.3) is 0 Å². The molecule has 0 spiro atoms. The van der Waals surface area contributed by atoms with E-state index >= 15 is 0 Å². The van der Waals surface area contributed by atoms with Gasteiger partial charge >= 0.3 is 0 Å². The van der Waals surface area contributed by atoms with Gasteiger partial charge in [-0.3, -0.25) is 4.79 Å². The number of anilines is 1. The average Bonchev–Trinajstić information content (AvgIpc) is 2.70. The molecule has 0 bridgehead atoms. The van der Waals surface area contributed by atoms with Crippen molar-refractivity contribution < 1.29 is 10.1 Å². The van der Waals surface area contributed by atoms with Gasteiger partial charge in [-0.1, -0.05) is 74.5 Å². The van der Waals surface area contributed by atoms with Gasteiger partial charge in [-0.15, -0.1) is 0 Å². The van der Waals surface area contributed by atoms with Crippen molar-refractivity contribution in [2.24, 2.45) is 5.92 Å². The van der Waals surface area contributed by atoms with E-state index in [0.717, 1.165) is 12.2 Å². The summed E-state index contributed by atoms with van der Waals surface area (Å²) in [5, 5.41) is 5.29. The maximum Gasteiger partial charge on any atom is 0.255 e. The largest absolute Gasteiger partial charge is 0.336 e. The highest BCUT2D eigenvalue weighted by Crippen LogP contribution is 2.17. The van der Waals surface area contributed by atoms with E-state index in [1.807, 2.05) is 54.6 Å². The molecular formula is C24H27N2O+. The third-order valence-electron chi connectivity index (χ3n) is 4.76. The minimum atomic E-state index is -0.0823. The summed E-state index contributed by atoms with van der Waals surface area (Å²) in [6.07, 6.45) is 0. The molecule has 1 atom stereocenters. The number of carbonyl (C=O) groups is 1. The van der Waals surface area contributed by atoms with E-state index in [2.05, 4.69) is 54.8 Å². The summed E-state index contributed by atoms with van der Waals surface area (Å²) < 4.78 is 0. The van der Waals surface area contributed by atoms with Gasteiger partial charge in [0.05, 0.1) is 0 Å². The van der Waals surface area contributed by atoms with Crippen molar-refractivity contribution in [3.63, 3.8) is 0 Å². The number of carbonyl (C=O) groups excluding carboxylic acids is 1. The molecule has 3 heteroatoms.